The molecule has 0 bridgehead atoms. The molecule has 1 aliphatic heterocycles. The van der Waals surface area contributed by atoms with Crippen LogP contribution >= 0.6 is 0 Å². The highest BCUT2D eigenvalue weighted by molar-refractivity contribution is 7.89. The highest BCUT2D eigenvalue weighted by Crippen LogP contribution is 2.14. The third-order valence-corrected chi connectivity index (χ3v) is 5.36. The fraction of sp³-hybridized carbons (Fsp3) is 1.00. The summed E-state index contributed by atoms with van der Waals surface area (Å²) in [4.78, 5) is 0. The van der Waals surface area contributed by atoms with Crippen LogP contribution in [0.25, 0.3) is 0 Å². The molecule has 17 heavy (non-hydrogen) atoms. The number of hydrogen-bond donors (Lipinski definition) is 2. The van der Waals surface area contributed by atoms with Gasteiger partial charge in [0.25, 0.3) is 0 Å². The Bertz CT molecular complexity index is 300. The second-order valence-corrected chi connectivity index (χ2v) is 7.08. The van der Waals surface area contributed by atoms with Crippen molar-refractivity contribution in [3.05, 3.63) is 0 Å². The first-order chi connectivity index (χ1) is 7.94. The molecule has 1 heterocycles. The van der Waals surface area contributed by atoms with Crippen molar-refractivity contribution < 1.29 is 8.42 Å². The lowest BCUT2D eigenvalue weighted by Gasteiger charge is -2.25. The Hall–Kier alpha value is -0.130. The van der Waals surface area contributed by atoms with Crippen molar-refractivity contribution in [1.29, 1.82) is 0 Å². The normalized spacial score (nSPS) is 25.5. The summed E-state index contributed by atoms with van der Waals surface area (Å²) in [5.41, 5.74) is 0. The van der Waals surface area contributed by atoms with E-state index in [1.165, 1.54) is 0 Å². The standard InChI is InChI=1S/C12H26N2O2S/c1-4-10(2)11(3)14-17(15,16)9-12-6-5-7-13-8-12/h10-14H,4-9H2,1-3H3. The first-order valence-corrected chi connectivity index (χ1v) is 8.30. The quantitative estimate of drug-likeness (QED) is 0.759. The minimum absolute atomic E-state index is 0.0292. The van der Waals surface area contributed by atoms with E-state index in [4.69, 9.17) is 0 Å². The first kappa shape index (κ1) is 14.9. The maximum Gasteiger partial charge on any atom is 0.212 e. The first-order valence-electron chi connectivity index (χ1n) is 6.65. The minimum atomic E-state index is -3.13. The third kappa shape index (κ3) is 5.36. The van der Waals surface area contributed by atoms with Gasteiger partial charge in [-0.1, -0.05) is 20.3 Å². The van der Waals surface area contributed by atoms with Gasteiger partial charge in [-0.05, 0) is 44.7 Å². The van der Waals surface area contributed by atoms with Gasteiger partial charge in [-0.25, -0.2) is 13.1 Å². The van der Waals surface area contributed by atoms with Gasteiger partial charge in [-0.3, -0.25) is 0 Å². The predicted molar refractivity (Wildman–Crippen MR) is 71.4 cm³/mol. The van der Waals surface area contributed by atoms with Gasteiger partial charge in [0.2, 0.25) is 10.0 Å². The fourth-order valence-electron chi connectivity index (χ4n) is 2.18. The number of sulfonamides is 1. The molecule has 0 aliphatic carbocycles. The van der Waals surface area contributed by atoms with Crippen LogP contribution in [0.5, 0.6) is 0 Å². The number of rotatable bonds is 6. The van der Waals surface area contributed by atoms with E-state index in [0.717, 1.165) is 32.4 Å². The Labute approximate surface area is 106 Å². The zero-order chi connectivity index (χ0) is 12.9. The van der Waals surface area contributed by atoms with E-state index in [2.05, 4.69) is 23.9 Å². The molecule has 0 amide bonds. The van der Waals surface area contributed by atoms with Crippen molar-refractivity contribution in [2.24, 2.45) is 11.8 Å². The van der Waals surface area contributed by atoms with Crippen molar-refractivity contribution in [3.8, 4) is 0 Å². The third-order valence-electron chi connectivity index (χ3n) is 3.72. The summed E-state index contributed by atoms with van der Waals surface area (Å²) in [5, 5.41) is 3.25. The second kappa shape index (κ2) is 6.71. The fourth-order valence-corrected chi connectivity index (χ4v) is 3.98. The Morgan fingerprint density at radius 1 is 1.41 bits per heavy atom. The van der Waals surface area contributed by atoms with Crippen molar-refractivity contribution in [2.75, 3.05) is 18.8 Å². The lowest BCUT2D eigenvalue weighted by molar-refractivity contribution is 0.396. The van der Waals surface area contributed by atoms with E-state index in [1.807, 2.05) is 6.92 Å². The summed E-state index contributed by atoms with van der Waals surface area (Å²) in [6, 6.07) is 0.0292. The summed E-state index contributed by atoms with van der Waals surface area (Å²) < 4.78 is 26.8. The molecule has 2 N–H and O–H groups in total. The van der Waals surface area contributed by atoms with Gasteiger partial charge >= 0.3 is 0 Å². The second-order valence-electron chi connectivity index (χ2n) is 5.29. The molecule has 0 aromatic rings. The molecule has 0 spiro atoms. The van der Waals surface area contributed by atoms with E-state index in [-0.39, 0.29) is 17.7 Å². The molecule has 0 aromatic heterocycles. The van der Waals surface area contributed by atoms with Gasteiger partial charge in [0.15, 0.2) is 0 Å². The lowest BCUT2D eigenvalue weighted by atomic mass is 10.0. The monoisotopic (exact) mass is 262 g/mol. The van der Waals surface area contributed by atoms with Crippen LogP contribution in [-0.4, -0.2) is 33.3 Å². The summed E-state index contributed by atoms with van der Waals surface area (Å²) in [6.07, 6.45) is 3.10. The van der Waals surface area contributed by atoms with E-state index in [9.17, 15) is 8.42 Å². The van der Waals surface area contributed by atoms with Gasteiger partial charge in [0.1, 0.15) is 0 Å². The Morgan fingerprint density at radius 2 is 2.12 bits per heavy atom. The van der Waals surface area contributed by atoms with Crippen molar-refractivity contribution in [2.45, 2.75) is 46.1 Å². The average Bonchev–Trinajstić information content (AvgIpc) is 2.27. The van der Waals surface area contributed by atoms with E-state index < -0.39 is 10.0 Å². The van der Waals surface area contributed by atoms with Gasteiger partial charge in [0, 0.05) is 6.04 Å². The van der Waals surface area contributed by atoms with Gasteiger partial charge in [-0.15, -0.1) is 0 Å². The van der Waals surface area contributed by atoms with E-state index in [0.29, 0.717) is 5.92 Å². The van der Waals surface area contributed by atoms with Crippen molar-refractivity contribution >= 4 is 10.0 Å². The van der Waals surface area contributed by atoms with Gasteiger partial charge < -0.3 is 5.32 Å². The van der Waals surface area contributed by atoms with Crippen LogP contribution in [0.3, 0.4) is 0 Å². The Kier molecular flexibility index (Phi) is 5.89. The maximum absolute atomic E-state index is 12.0. The number of piperidine rings is 1. The summed E-state index contributed by atoms with van der Waals surface area (Å²) in [7, 11) is -3.13. The predicted octanol–water partition coefficient (Wildman–Crippen LogP) is 1.34. The molecule has 0 aromatic carbocycles. The lowest BCUT2D eigenvalue weighted by Crippen LogP contribution is -2.42. The van der Waals surface area contributed by atoms with Crippen LogP contribution < -0.4 is 10.0 Å². The molecule has 0 radical (unpaired) electrons. The summed E-state index contributed by atoms with van der Waals surface area (Å²) in [6.45, 7) is 7.96. The van der Waals surface area contributed by atoms with Crippen molar-refractivity contribution in [3.63, 3.8) is 0 Å². The van der Waals surface area contributed by atoms with Gasteiger partial charge in [-0.2, -0.15) is 0 Å². The molecule has 1 fully saturated rings. The van der Waals surface area contributed by atoms with E-state index in [1.54, 1.807) is 0 Å². The zero-order valence-electron chi connectivity index (χ0n) is 11.2. The Morgan fingerprint density at radius 3 is 2.65 bits per heavy atom. The number of nitrogens with one attached hydrogen (secondary N) is 2. The number of hydrogen-bond acceptors (Lipinski definition) is 3. The minimum Gasteiger partial charge on any atom is -0.316 e. The summed E-state index contributed by atoms with van der Waals surface area (Å²) in [5.74, 6) is 0.917. The molecule has 4 nitrogen and oxygen atoms in total. The summed E-state index contributed by atoms with van der Waals surface area (Å²) >= 11 is 0. The van der Waals surface area contributed by atoms with E-state index >= 15 is 0 Å². The largest absolute Gasteiger partial charge is 0.316 e. The van der Waals surface area contributed by atoms with Crippen LogP contribution in [0.15, 0.2) is 0 Å². The highest BCUT2D eigenvalue weighted by Gasteiger charge is 2.23. The van der Waals surface area contributed by atoms with Crippen molar-refractivity contribution in [1.82, 2.24) is 10.0 Å². The van der Waals surface area contributed by atoms with Crippen LogP contribution in [0.2, 0.25) is 0 Å². The van der Waals surface area contributed by atoms with Gasteiger partial charge in [0.05, 0.1) is 5.75 Å². The molecular formula is C12H26N2O2S. The maximum atomic E-state index is 12.0. The smallest absolute Gasteiger partial charge is 0.212 e. The molecule has 3 unspecified atom stereocenters. The molecule has 102 valence electrons. The molecular weight excluding hydrogens is 236 g/mol. The van der Waals surface area contributed by atoms with Crippen LogP contribution in [0, 0.1) is 11.8 Å². The molecule has 5 heteroatoms. The SMILES string of the molecule is CCC(C)C(C)NS(=O)(=O)CC1CCCNC1. The molecule has 1 rings (SSSR count). The molecule has 1 saturated heterocycles. The molecule has 0 saturated carbocycles. The topological polar surface area (TPSA) is 58.2 Å². The molecule has 3 atom stereocenters. The average molecular weight is 262 g/mol. The Balaban J connectivity index is 2.44. The van der Waals surface area contributed by atoms with Crippen LogP contribution in [0.4, 0.5) is 0 Å². The van der Waals surface area contributed by atoms with Crippen LogP contribution in [-0.2, 0) is 10.0 Å². The van der Waals surface area contributed by atoms with Crippen LogP contribution in [0.1, 0.15) is 40.0 Å². The molecule has 1 aliphatic rings. The highest BCUT2D eigenvalue weighted by atomic mass is 32.2. The zero-order valence-corrected chi connectivity index (χ0v) is 12.0.